The van der Waals surface area contributed by atoms with Gasteiger partial charge in [-0.25, -0.2) is 0 Å². The van der Waals surface area contributed by atoms with Crippen molar-refractivity contribution in [1.29, 1.82) is 0 Å². The maximum Gasteiger partial charge on any atom is 0.263 e. The number of nitrogens with zero attached hydrogens (tertiary/aromatic N) is 1. The number of nitrogens with one attached hydrogen (secondary N) is 1. The van der Waals surface area contributed by atoms with Crippen LogP contribution in [0.3, 0.4) is 0 Å². The molecule has 4 rings (SSSR count). The molecule has 1 heterocycles. The van der Waals surface area contributed by atoms with Gasteiger partial charge in [0, 0.05) is 24.3 Å². The first kappa shape index (κ1) is 26.1. The van der Waals surface area contributed by atoms with E-state index < -0.39 is 6.10 Å². The number of amides is 2. The van der Waals surface area contributed by atoms with Gasteiger partial charge in [0.15, 0.2) is 17.6 Å². The Morgan fingerprint density at radius 3 is 2.51 bits per heavy atom. The largest absolute Gasteiger partial charge is 0.493 e. The molecule has 1 N–H and O–H groups in total. The van der Waals surface area contributed by atoms with Crippen LogP contribution in [0.5, 0.6) is 17.2 Å². The number of fused-ring (bicyclic) bond motifs is 1. The van der Waals surface area contributed by atoms with Crippen molar-refractivity contribution in [3.05, 3.63) is 83.4 Å². The third-order valence-corrected chi connectivity index (χ3v) is 6.70. The molecule has 0 radical (unpaired) electrons. The highest BCUT2D eigenvalue weighted by Crippen LogP contribution is 2.31. The van der Waals surface area contributed by atoms with E-state index in [0.29, 0.717) is 48.9 Å². The molecule has 0 unspecified atom stereocenters. The van der Waals surface area contributed by atoms with Crippen molar-refractivity contribution in [3.8, 4) is 17.2 Å². The SMILES string of the molecule is CC[C@H](C(=O)Nc1ccc2c(c1)CN(CCc1ccc(OC)c(OC)c1)C(=O)[C@@H](C)O2)c1ccccc1. The highest BCUT2D eigenvalue weighted by molar-refractivity contribution is 5.96. The number of carbonyl (C=O) groups excluding carboxylic acids is 2. The van der Waals surface area contributed by atoms with E-state index in [4.69, 9.17) is 14.2 Å². The molecule has 7 nitrogen and oxygen atoms in total. The van der Waals surface area contributed by atoms with Gasteiger partial charge in [0.2, 0.25) is 5.91 Å². The second kappa shape index (κ2) is 11.8. The molecule has 3 aromatic rings. The third-order valence-electron chi connectivity index (χ3n) is 6.70. The highest BCUT2D eigenvalue weighted by atomic mass is 16.5. The molecule has 3 aromatic carbocycles. The molecule has 2 atom stereocenters. The van der Waals surface area contributed by atoms with Gasteiger partial charge in [-0.05, 0) is 61.2 Å². The van der Waals surface area contributed by atoms with Crippen molar-refractivity contribution < 1.29 is 23.8 Å². The standard InChI is InChI=1S/C30H34N2O5/c1-5-25(22-9-7-6-8-10-22)29(33)31-24-12-14-26-23(18-24)19-32(30(34)20(2)37-26)16-15-21-11-13-27(35-3)28(17-21)36-4/h6-14,17-18,20,25H,5,15-16,19H2,1-4H3,(H,31,33)/t20-,25+/m1/s1. The minimum atomic E-state index is -0.602. The second-order valence-corrected chi connectivity index (χ2v) is 9.14. The van der Waals surface area contributed by atoms with Crippen LogP contribution in [0, 0.1) is 0 Å². The van der Waals surface area contributed by atoms with Gasteiger partial charge in [-0.1, -0.05) is 43.3 Å². The van der Waals surface area contributed by atoms with Crippen molar-refractivity contribution in [2.75, 3.05) is 26.1 Å². The Balaban J connectivity index is 1.49. The predicted molar refractivity (Wildman–Crippen MR) is 143 cm³/mol. The summed E-state index contributed by atoms with van der Waals surface area (Å²) in [7, 11) is 3.21. The van der Waals surface area contributed by atoms with Gasteiger partial charge in [-0.2, -0.15) is 0 Å². The summed E-state index contributed by atoms with van der Waals surface area (Å²) in [6.07, 6.45) is 0.745. The lowest BCUT2D eigenvalue weighted by Gasteiger charge is -2.22. The number of hydrogen-bond acceptors (Lipinski definition) is 5. The van der Waals surface area contributed by atoms with E-state index in [1.807, 2.05) is 73.7 Å². The van der Waals surface area contributed by atoms with Crippen LogP contribution in [-0.4, -0.2) is 43.6 Å². The molecule has 0 spiro atoms. The van der Waals surface area contributed by atoms with Gasteiger partial charge >= 0.3 is 0 Å². The normalized spacial score (nSPS) is 15.7. The highest BCUT2D eigenvalue weighted by Gasteiger charge is 2.28. The third kappa shape index (κ3) is 6.05. The molecule has 0 bridgehead atoms. The number of hydrogen-bond donors (Lipinski definition) is 1. The quantitative estimate of drug-likeness (QED) is 0.436. The Labute approximate surface area is 218 Å². The van der Waals surface area contributed by atoms with E-state index in [1.54, 1.807) is 26.0 Å². The summed E-state index contributed by atoms with van der Waals surface area (Å²) in [6.45, 7) is 4.68. The summed E-state index contributed by atoms with van der Waals surface area (Å²) >= 11 is 0. The van der Waals surface area contributed by atoms with E-state index in [1.165, 1.54) is 0 Å². The average molecular weight is 503 g/mol. The van der Waals surface area contributed by atoms with E-state index in [2.05, 4.69) is 5.32 Å². The molecular weight excluding hydrogens is 468 g/mol. The van der Waals surface area contributed by atoms with E-state index >= 15 is 0 Å². The van der Waals surface area contributed by atoms with Crippen molar-refractivity contribution in [1.82, 2.24) is 4.90 Å². The van der Waals surface area contributed by atoms with Gasteiger partial charge in [0.05, 0.1) is 20.1 Å². The molecule has 2 amide bonds. The van der Waals surface area contributed by atoms with Gasteiger partial charge in [-0.15, -0.1) is 0 Å². The van der Waals surface area contributed by atoms with E-state index in [0.717, 1.165) is 16.7 Å². The van der Waals surface area contributed by atoms with Crippen LogP contribution in [0.1, 0.15) is 42.9 Å². The molecule has 0 fully saturated rings. The molecule has 0 saturated carbocycles. The molecule has 0 aromatic heterocycles. The zero-order valence-corrected chi connectivity index (χ0v) is 21.8. The van der Waals surface area contributed by atoms with Crippen LogP contribution < -0.4 is 19.5 Å². The van der Waals surface area contributed by atoms with E-state index in [9.17, 15) is 9.59 Å². The van der Waals surface area contributed by atoms with Gasteiger partial charge in [0.1, 0.15) is 5.75 Å². The molecule has 7 heteroatoms. The first-order valence-corrected chi connectivity index (χ1v) is 12.6. The fourth-order valence-electron chi connectivity index (χ4n) is 4.65. The summed E-state index contributed by atoms with van der Waals surface area (Å²) in [4.78, 5) is 28.0. The first-order chi connectivity index (χ1) is 17.9. The van der Waals surface area contributed by atoms with Crippen LogP contribution in [-0.2, 0) is 22.6 Å². The van der Waals surface area contributed by atoms with Crippen molar-refractivity contribution in [3.63, 3.8) is 0 Å². The second-order valence-electron chi connectivity index (χ2n) is 9.14. The molecule has 1 aliphatic heterocycles. The summed E-state index contributed by atoms with van der Waals surface area (Å²) in [6, 6.07) is 21.1. The summed E-state index contributed by atoms with van der Waals surface area (Å²) in [5.41, 5.74) is 3.57. The maximum atomic E-state index is 13.1. The van der Waals surface area contributed by atoms with Crippen LogP contribution in [0.4, 0.5) is 5.69 Å². The van der Waals surface area contributed by atoms with Gasteiger partial charge < -0.3 is 24.4 Å². The average Bonchev–Trinajstić information content (AvgIpc) is 3.03. The minimum absolute atomic E-state index is 0.0575. The Morgan fingerprint density at radius 1 is 1.05 bits per heavy atom. The zero-order chi connectivity index (χ0) is 26.4. The number of carbonyl (C=O) groups is 2. The summed E-state index contributed by atoms with van der Waals surface area (Å²) in [5, 5.41) is 3.06. The Kier molecular flexibility index (Phi) is 8.33. The zero-order valence-electron chi connectivity index (χ0n) is 21.8. The summed E-state index contributed by atoms with van der Waals surface area (Å²) in [5.74, 6) is 1.61. The number of ether oxygens (including phenoxy) is 3. The van der Waals surface area contributed by atoms with Gasteiger partial charge in [-0.3, -0.25) is 9.59 Å². The first-order valence-electron chi connectivity index (χ1n) is 12.6. The molecule has 194 valence electrons. The lowest BCUT2D eigenvalue weighted by molar-refractivity contribution is -0.137. The van der Waals surface area contributed by atoms with Crippen molar-refractivity contribution in [2.24, 2.45) is 0 Å². The Hall–Kier alpha value is -4.00. The fraction of sp³-hybridized carbons (Fsp3) is 0.333. The van der Waals surface area contributed by atoms with E-state index in [-0.39, 0.29) is 17.7 Å². The minimum Gasteiger partial charge on any atom is -0.493 e. The van der Waals surface area contributed by atoms with Gasteiger partial charge in [0.25, 0.3) is 5.91 Å². The molecular formula is C30H34N2O5. The van der Waals surface area contributed by atoms with Crippen LogP contribution in [0.2, 0.25) is 0 Å². The monoisotopic (exact) mass is 502 g/mol. The van der Waals surface area contributed by atoms with Crippen molar-refractivity contribution >= 4 is 17.5 Å². The van der Waals surface area contributed by atoms with Crippen LogP contribution in [0.15, 0.2) is 66.7 Å². The van der Waals surface area contributed by atoms with Crippen LogP contribution in [0.25, 0.3) is 0 Å². The van der Waals surface area contributed by atoms with Crippen LogP contribution >= 0.6 is 0 Å². The Morgan fingerprint density at radius 2 is 1.81 bits per heavy atom. The smallest absolute Gasteiger partial charge is 0.263 e. The molecule has 0 saturated heterocycles. The maximum absolute atomic E-state index is 13.1. The number of anilines is 1. The number of methoxy groups -OCH3 is 2. The molecule has 37 heavy (non-hydrogen) atoms. The molecule has 1 aliphatic rings. The lowest BCUT2D eigenvalue weighted by Crippen LogP contribution is -2.39. The Bertz CT molecular complexity index is 1240. The lowest BCUT2D eigenvalue weighted by atomic mass is 9.95. The number of benzene rings is 3. The fourth-order valence-corrected chi connectivity index (χ4v) is 4.65. The topological polar surface area (TPSA) is 77.1 Å². The van der Waals surface area contributed by atoms with Crippen molar-refractivity contribution in [2.45, 2.75) is 45.3 Å². The predicted octanol–water partition coefficient (Wildman–Crippen LogP) is 5.19. The number of rotatable bonds is 9. The molecule has 0 aliphatic carbocycles. The summed E-state index contributed by atoms with van der Waals surface area (Å²) < 4.78 is 16.7.